The Labute approximate surface area is 166 Å². The average Bonchev–Trinajstić information content (AvgIpc) is 2.91. The largest absolute Gasteiger partial charge is 0.455 e. The molecule has 2 aromatic heterocycles. The van der Waals surface area contributed by atoms with Crippen molar-refractivity contribution < 1.29 is 4.74 Å². The highest BCUT2D eigenvalue weighted by molar-refractivity contribution is 6.32. The molecule has 0 radical (unpaired) electrons. The van der Waals surface area contributed by atoms with Crippen LogP contribution >= 0.6 is 11.6 Å². The number of pyridine rings is 1. The lowest BCUT2D eigenvalue weighted by Crippen LogP contribution is -2.03. The monoisotopic (exact) mass is 385 g/mol. The van der Waals surface area contributed by atoms with Gasteiger partial charge >= 0.3 is 0 Å². The Morgan fingerprint density at radius 3 is 2.48 bits per heavy atom. The van der Waals surface area contributed by atoms with E-state index >= 15 is 0 Å². The van der Waals surface area contributed by atoms with Crippen LogP contribution in [0, 0.1) is 6.92 Å². The molecule has 1 aliphatic rings. The lowest BCUT2D eigenvalue weighted by atomic mass is 10.00. The van der Waals surface area contributed by atoms with E-state index in [-0.39, 0.29) is 0 Å². The third kappa shape index (κ3) is 4.44. The summed E-state index contributed by atoms with van der Waals surface area (Å²) in [5, 5.41) is 9.46. The zero-order valence-corrected chi connectivity index (χ0v) is 17.2. The van der Waals surface area contributed by atoms with Gasteiger partial charge in [-0.15, -0.1) is 10.2 Å². The van der Waals surface area contributed by atoms with Crippen LogP contribution in [0.1, 0.15) is 69.7 Å². The minimum Gasteiger partial charge on any atom is -0.455 e. The quantitative estimate of drug-likeness (QED) is 0.458. The number of hydrogen-bond acceptors (Lipinski definition) is 3. The van der Waals surface area contributed by atoms with E-state index in [1.807, 2.05) is 57.3 Å². The Balaban J connectivity index is 0.00000102. The van der Waals surface area contributed by atoms with Crippen molar-refractivity contribution in [3.8, 4) is 11.5 Å². The molecule has 0 amide bonds. The number of aryl methyl sites for hydroxylation is 1. The molecule has 1 aromatic carbocycles. The Morgan fingerprint density at radius 1 is 1.04 bits per heavy atom. The van der Waals surface area contributed by atoms with Gasteiger partial charge in [-0.05, 0) is 37.5 Å². The zero-order chi connectivity index (χ0) is 19.2. The fraction of sp³-hybridized carbons (Fsp3) is 0.455. The third-order valence-corrected chi connectivity index (χ3v) is 5.31. The number of para-hydroxylation sites is 1. The first kappa shape index (κ1) is 19.7. The van der Waals surface area contributed by atoms with Crippen LogP contribution in [0.2, 0.25) is 5.02 Å². The summed E-state index contributed by atoms with van der Waals surface area (Å²) in [6.07, 6.45) is 9.66. The van der Waals surface area contributed by atoms with E-state index in [0.29, 0.717) is 16.7 Å². The molecule has 27 heavy (non-hydrogen) atoms. The molecule has 3 aromatic rings. The number of rotatable bonds is 3. The molecule has 0 atom stereocenters. The zero-order valence-electron chi connectivity index (χ0n) is 16.4. The second kappa shape index (κ2) is 9.23. The first-order chi connectivity index (χ1) is 13.2. The summed E-state index contributed by atoms with van der Waals surface area (Å²) in [4.78, 5) is 0. The fourth-order valence-corrected chi connectivity index (χ4v) is 3.89. The van der Waals surface area contributed by atoms with E-state index in [1.54, 1.807) is 0 Å². The number of nitrogens with zero attached hydrogens (tertiary/aromatic N) is 3. The normalized spacial score (nSPS) is 15.1. The van der Waals surface area contributed by atoms with Gasteiger partial charge in [-0.2, -0.15) is 0 Å². The maximum absolute atomic E-state index is 6.26. The van der Waals surface area contributed by atoms with Crippen molar-refractivity contribution in [2.45, 2.75) is 65.2 Å². The molecule has 144 valence electrons. The number of ether oxygens (including phenoxy) is 1. The molecule has 0 saturated heterocycles. The topological polar surface area (TPSA) is 39.4 Å². The van der Waals surface area contributed by atoms with Gasteiger partial charge in [-0.3, -0.25) is 4.40 Å². The number of fused-ring (bicyclic) bond motifs is 1. The lowest BCUT2D eigenvalue weighted by molar-refractivity contribution is 0.478. The fourth-order valence-electron chi connectivity index (χ4n) is 3.63. The molecule has 1 fully saturated rings. The van der Waals surface area contributed by atoms with Crippen LogP contribution in [0.15, 0.2) is 36.5 Å². The molecule has 2 heterocycles. The van der Waals surface area contributed by atoms with Crippen LogP contribution in [0.25, 0.3) is 5.65 Å². The van der Waals surface area contributed by atoms with Crippen LogP contribution in [0.3, 0.4) is 0 Å². The summed E-state index contributed by atoms with van der Waals surface area (Å²) in [6, 6.07) is 9.63. The predicted molar refractivity (Wildman–Crippen MR) is 111 cm³/mol. The molecule has 4 nitrogen and oxygen atoms in total. The maximum atomic E-state index is 6.26. The molecule has 1 saturated carbocycles. The lowest BCUT2D eigenvalue weighted by Gasteiger charge is -2.13. The summed E-state index contributed by atoms with van der Waals surface area (Å²) < 4.78 is 8.11. The van der Waals surface area contributed by atoms with Gasteiger partial charge < -0.3 is 4.74 Å². The van der Waals surface area contributed by atoms with Crippen LogP contribution in [0.4, 0.5) is 0 Å². The van der Waals surface area contributed by atoms with Gasteiger partial charge in [0.25, 0.3) is 0 Å². The molecule has 4 rings (SSSR count). The van der Waals surface area contributed by atoms with Crippen molar-refractivity contribution in [3.05, 3.63) is 52.9 Å². The molecule has 0 aliphatic heterocycles. The van der Waals surface area contributed by atoms with E-state index < -0.39 is 0 Å². The summed E-state index contributed by atoms with van der Waals surface area (Å²) in [6.45, 7) is 5.99. The van der Waals surface area contributed by atoms with Crippen molar-refractivity contribution in [1.82, 2.24) is 14.6 Å². The molecule has 0 spiro atoms. The Morgan fingerprint density at radius 2 is 1.78 bits per heavy atom. The summed E-state index contributed by atoms with van der Waals surface area (Å²) in [5.74, 6) is 3.01. The smallest absolute Gasteiger partial charge is 0.164 e. The molecule has 0 unspecified atom stereocenters. The first-order valence-corrected chi connectivity index (χ1v) is 10.4. The van der Waals surface area contributed by atoms with Gasteiger partial charge in [0, 0.05) is 18.2 Å². The molecule has 5 heteroatoms. The number of aromatic nitrogens is 3. The highest BCUT2D eigenvalue weighted by Crippen LogP contribution is 2.34. The van der Waals surface area contributed by atoms with Crippen molar-refractivity contribution in [3.63, 3.8) is 0 Å². The standard InChI is InChI=1S/C20H22ClN3O.C2H6/c1-14-7-6-10-17(21)19(14)25-16-11-12-24-18(13-16)22-23-20(24)15-8-4-2-3-5-9-15;1-2/h6-7,10-13,15H,2-5,8-9H2,1H3;1-2H3. The number of hydrogen-bond donors (Lipinski definition) is 0. The van der Waals surface area contributed by atoms with Crippen molar-refractivity contribution in [2.24, 2.45) is 0 Å². The average molecular weight is 386 g/mol. The third-order valence-electron chi connectivity index (χ3n) is 5.01. The molecule has 0 bridgehead atoms. The highest BCUT2D eigenvalue weighted by Gasteiger charge is 2.20. The Hall–Kier alpha value is -2.07. The van der Waals surface area contributed by atoms with Gasteiger partial charge in [0.05, 0.1) is 5.02 Å². The van der Waals surface area contributed by atoms with E-state index in [0.717, 1.165) is 22.8 Å². The highest BCUT2D eigenvalue weighted by atomic mass is 35.5. The predicted octanol–water partition coefficient (Wildman–Crippen LogP) is 6.95. The Bertz CT molecular complexity index is 862. The summed E-state index contributed by atoms with van der Waals surface area (Å²) >= 11 is 6.26. The second-order valence-electron chi connectivity index (χ2n) is 6.83. The minimum absolute atomic E-state index is 0.509. The van der Waals surface area contributed by atoms with Crippen LogP contribution < -0.4 is 4.74 Å². The van der Waals surface area contributed by atoms with Crippen LogP contribution in [-0.4, -0.2) is 14.6 Å². The minimum atomic E-state index is 0.509. The second-order valence-corrected chi connectivity index (χ2v) is 7.23. The van der Waals surface area contributed by atoms with Crippen LogP contribution in [-0.2, 0) is 0 Å². The van der Waals surface area contributed by atoms with Gasteiger partial charge in [0.15, 0.2) is 5.65 Å². The summed E-state index contributed by atoms with van der Waals surface area (Å²) in [5.41, 5.74) is 1.83. The van der Waals surface area contributed by atoms with E-state index in [2.05, 4.69) is 14.6 Å². The molecule has 0 N–H and O–H groups in total. The number of benzene rings is 1. The van der Waals surface area contributed by atoms with Crippen LogP contribution in [0.5, 0.6) is 11.5 Å². The van der Waals surface area contributed by atoms with Crippen molar-refractivity contribution in [2.75, 3.05) is 0 Å². The summed E-state index contributed by atoms with van der Waals surface area (Å²) in [7, 11) is 0. The van der Waals surface area contributed by atoms with E-state index in [1.165, 1.54) is 38.5 Å². The van der Waals surface area contributed by atoms with Gasteiger partial charge in [-0.1, -0.05) is 63.3 Å². The SMILES string of the molecule is CC.Cc1cccc(Cl)c1Oc1ccn2c(C3CCCCCC3)nnc2c1. The van der Waals surface area contributed by atoms with Gasteiger partial charge in [-0.25, -0.2) is 0 Å². The molecular weight excluding hydrogens is 358 g/mol. The van der Waals surface area contributed by atoms with Gasteiger partial charge in [0.1, 0.15) is 17.3 Å². The van der Waals surface area contributed by atoms with Crippen molar-refractivity contribution >= 4 is 17.2 Å². The van der Waals surface area contributed by atoms with Gasteiger partial charge in [0.2, 0.25) is 0 Å². The van der Waals surface area contributed by atoms with E-state index in [4.69, 9.17) is 16.3 Å². The number of halogens is 1. The Kier molecular flexibility index (Phi) is 6.73. The molecular formula is C22H28ClN3O. The van der Waals surface area contributed by atoms with Crippen molar-refractivity contribution in [1.29, 1.82) is 0 Å². The maximum Gasteiger partial charge on any atom is 0.164 e. The first-order valence-electron chi connectivity index (χ1n) is 10.00. The molecule has 1 aliphatic carbocycles. The van der Waals surface area contributed by atoms with E-state index in [9.17, 15) is 0 Å².